The standard InChI is InChI=1S/C9H8BrN/c1-7(10)9-5-3-2-4-8(9)6-11/h2-6,11H,1H2. The van der Waals surface area contributed by atoms with Gasteiger partial charge in [0.05, 0.1) is 0 Å². The third-order valence-electron chi connectivity index (χ3n) is 1.41. The lowest BCUT2D eigenvalue weighted by Crippen LogP contribution is -1.85. The van der Waals surface area contributed by atoms with Crippen molar-refractivity contribution in [3.8, 4) is 0 Å². The first kappa shape index (κ1) is 8.21. The van der Waals surface area contributed by atoms with Crippen LogP contribution in [0, 0.1) is 5.41 Å². The molecule has 1 N–H and O–H groups in total. The maximum atomic E-state index is 7.09. The zero-order valence-corrected chi connectivity index (χ0v) is 7.56. The van der Waals surface area contributed by atoms with Gasteiger partial charge >= 0.3 is 0 Å². The average Bonchev–Trinajstić information content (AvgIpc) is 2.04. The van der Waals surface area contributed by atoms with Crippen molar-refractivity contribution in [2.45, 2.75) is 0 Å². The maximum Gasteiger partial charge on any atom is 0.0256 e. The summed E-state index contributed by atoms with van der Waals surface area (Å²) in [5.74, 6) is 0. The molecule has 0 aliphatic heterocycles. The minimum Gasteiger partial charge on any atom is -0.308 e. The minimum absolute atomic E-state index is 0.816. The van der Waals surface area contributed by atoms with Crippen molar-refractivity contribution in [1.82, 2.24) is 0 Å². The van der Waals surface area contributed by atoms with Gasteiger partial charge in [-0.25, -0.2) is 0 Å². The predicted molar refractivity (Wildman–Crippen MR) is 52.3 cm³/mol. The molecule has 0 saturated heterocycles. The summed E-state index contributed by atoms with van der Waals surface area (Å²) in [6.45, 7) is 3.75. The molecule has 0 atom stereocenters. The smallest absolute Gasteiger partial charge is 0.0256 e. The third-order valence-corrected chi connectivity index (χ3v) is 1.84. The molecule has 56 valence electrons. The molecule has 0 aliphatic carbocycles. The average molecular weight is 210 g/mol. The fourth-order valence-corrected chi connectivity index (χ4v) is 1.23. The molecule has 0 fully saturated rings. The Kier molecular flexibility index (Phi) is 2.60. The normalized spacial score (nSPS) is 9.18. The second-order valence-electron chi connectivity index (χ2n) is 2.14. The molecule has 0 amide bonds. The van der Waals surface area contributed by atoms with Gasteiger partial charge in [0.2, 0.25) is 0 Å². The van der Waals surface area contributed by atoms with E-state index in [2.05, 4.69) is 22.5 Å². The van der Waals surface area contributed by atoms with Crippen LogP contribution in [0.2, 0.25) is 0 Å². The van der Waals surface area contributed by atoms with Gasteiger partial charge < -0.3 is 5.41 Å². The van der Waals surface area contributed by atoms with Crippen LogP contribution in [0.15, 0.2) is 30.8 Å². The number of hydrogen-bond acceptors (Lipinski definition) is 1. The van der Waals surface area contributed by atoms with E-state index < -0.39 is 0 Å². The van der Waals surface area contributed by atoms with E-state index in [4.69, 9.17) is 5.41 Å². The minimum atomic E-state index is 0.816. The summed E-state index contributed by atoms with van der Waals surface area (Å²) in [6, 6.07) is 7.64. The molecule has 2 heteroatoms. The molecule has 1 aromatic carbocycles. The Hall–Kier alpha value is -0.890. The van der Waals surface area contributed by atoms with Crippen LogP contribution < -0.4 is 0 Å². The maximum absolute atomic E-state index is 7.09. The Labute approximate surface area is 74.4 Å². The second kappa shape index (κ2) is 3.49. The number of rotatable bonds is 2. The van der Waals surface area contributed by atoms with E-state index in [0.717, 1.165) is 15.6 Å². The highest BCUT2D eigenvalue weighted by Gasteiger charge is 1.98. The molecular weight excluding hydrogens is 202 g/mol. The van der Waals surface area contributed by atoms with Gasteiger partial charge in [0.1, 0.15) is 0 Å². The molecule has 0 spiro atoms. The van der Waals surface area contributed by atoms with Crippen LogP contribution in [-0.4, -0.2) is 6.21 Å². The zero-order chi connectivity index (χ0) is 8.27. The Morgan fingerprint density at radius 3 is 2.55 bits per heavy atom. The number of benzene rings is 1. The summed E-state index contributed by atoms with van der Waals surface area (Å²) in [5.41, 5.74) is 1.86. The van der Waals surface area contributed by atoms with Crippen molar-refractivity contribution in [3.05, 3.63) is 42.0 Å². The fourth-order valence-electron chi connectivity index (χ4n) is 0.870. The monoisotopic (exact) mass is 209 g/mol. The van der Waals surface area contributed by atoms with E-state index in [1.165, 1.54) is 6.21 Å². The van der Waals surface area contributed by atoms with Gasteiger partial charge in [-0.1, -0.05) is 46.8 Å². The predicted octanol–water partition coefficient (Wildman–Crippen LogP) is 3.05. The van der Waals surface area contributed by atoms with Crippen molar-refractivity contribution in [3.63, 3.8) is 0 Å². The molecule has 0 aliphatic rings. The van der Waals surface area contributed by atoms with Gasteiger partial charge in [-0.15, -0.1) is 0 Å². The van der Waals surface area contributed by atoms with Crippen LogP contribution in [-0.2, 0) is 0 Å². The van der Waals surface area contributed by atoms with E-state index >= 15 is 0 Å². The fraction of sp³-hybridized carbons (Fsp3) is 0. The molecule has 0 aromatic heterocycles. The first-order valence-corrected chi connectivity index (χ1v) is 3.99. The third kappa shape index (κ3) is 1.77. The molecule has 1 rings (SSSR count). The lowest BCUT2D eigenvalue weighted by atomic mass is 10.1. The first-order valence-electron chi connectivity index (χ1n) is 3.20. The molecule has 0 unspecified atom stereocenters. The van der Waals surface area contributed by atoms with Crippen molar-refractivity contribution in [1.29, 1.82) is 5.41 Å². The van der Waals surface area contributed by atoms with Crippen molar-refractivity contribution < 1.29 is 0 Å². The highest BCUT2D eigenvalue weighted by Crippen LogP contribution is 2.20. The Morgan fingerprint density at radius 2 is 2.09 bits per heavy atom. The summed E-state index contributed by atoms with van der Waals surface area (Å²) in [4.78, 5) is 0. The van der Waals surface area contributed by atoms with Crippen LogP contribution in [0.5, 0.6) is 0 Å². The van der Waals surface area contributed by atoms with Crippen molar-refractivity contribution in [2.75, 3.05) is 0 Å². The molecule has 0 bridgehead atoms. The lowest BCUT2D eigenvalue weighted by Gasteiger charge is -2.00. The van der Waals surface area contributed by atoms with E-state index in [-0.39, 0.29) is 0 Å². The van der Waals surface area contributed by atoms with Gasteiger partial charge in [0.15, 0.2) is 0 Å². The van der Waals surface area contributed by atoms with E-state index in [1.54, 1.807) is 0 Å². The molecular formula is C9H8BrN. The highest BCUT2D eigenvalue weighted by molar-refractivity contribution is 9.15. The summed E-state index contributed by atoms with van der Waals surface area (Å²) in [7, 11) is 0. The second-order valence-corrected chi connectivity index (χ2v) is 3.09. The van der Waals surface area contributed by atoms with Crippen LogP contribution in [0.25, 0.3) is 4.48 Å². The van der Waals surface area contributed by atoms with E-state index in [0.29, 0.717) is 0 Å². The molecule has 1 aromatic rings. The SMILES string of the molecule is C=C(Br)c1ccccc1C=N. The number of nitrogens with one attached hydrogen (secondary N) is 1. The largest absolute Gasteiger partial charge is 0.308 e. The summed E-state index contributed by atoms with van der Waals surface area (Å²) < 4.78 is 0.816. The summed E-state index contributed by atoms with van der Waals surface area (Å²) in [5, 5.41) is 7.09. The molecule has 0 radical (unpaired) electrons. The quantitative estimate of drug-likeness (QED) is 0.725. The number of hydrogen-bond donors (Lipinski definition) is 1. The van der Waals surface area contributed by atoms with Crippen LogP contribution in [0.1, 0.15) is 11.1 Å². The molecule has 0 saturated carbocycles. The van der Waals surface area contributed by atoms with Gasteiger partial charge in [0, 0.05) is 16.3 Å². The highest BCUT2D eigenvalue weighted by atomic mass is 79.9. The lowest BCUT2D eigenvalue weighted by molar-refractivity contribution is 1.52. The Morgan fingerprint density at radius 1 is 1.45 bits per heavy atom. The van der Waals surface area contributed by atoms with Crippen LogP contribution in [0.3, 0.4) is 0 Å². The van der Waals surface area contributed by atoms with Gasteiger partial charge in [-0.2, -0.15) is 0 Å². The van der Waals surface area contributed by atoms with Crippen LogP contribution in [0.4, 0.5) is 0 Å². The Bertz CT molecular complexity index is 291. The van der Waals surface area contributed by atoms with E-state index in [1.807, 2.05) is 24.3 Å². The Balaban J connectivity index is 3.22. The molecule has 1 nitrogen and oxygen atoms in total. The van der Waals surface area contributed by atoms with E-state index in [9.17, 15) is 0 Å². The first-order chi connectivity index (χ1) is 5.25. The zero-order valence-electron chi connectivity index (χ0n) is 5.97. The molecule has 0 heterocycles. The summed E-state index contributed by atoms with van der Waals surface area (Å²) in [6.07, 6.45) is 1.32. The summed E-state index contributed by atoms with van der Waals surface area (Å²) >= 11 is 3.28. The van der Waals surface area contributed by atoms with Crippen LogP contribution >= 0.6 is 15.9 Å². The topological polar surface area (TPSA) is 23.9 Å². The van der Waals surface area contributed by atoms with Gasteiger partial charge in [-0.05, 0) is 5.56 Å². The van der Waals surface area contributed by atoms with Gasteiger partial charge in [0.25, 0.3) is 0 Å². The number of halogens is 1. The molecule has 11 heavy (non-hydrogen) atoms. The van der Waals surface area contributed by atoms with Crippen molar-refractivity contribution in [2.24, 2.45) is 0 Å². The van der Waals surface area contributed by atoms with Gasteiger partial charge in [-0.3, -0.25) is 0 Å². The van der Waals surface area contributed by atoms with Crippen molar-refractivity contribution >= 4 is 26.6 Å².